The molecule has 1 unspecified atom stereocenters. The van der Waals surface area contributed by atoms with Crippen molar-refractivity contribution >= 4 is 11.7 Å². The Morgan fingerprint density at radius 2 is 1.44 bits per heavy atom. The molecule has 132 valence electrons. The third-order valence-electron chi connectivity index (χ3n) is 3.90. The van der Waals surface area contributed by atoms with Crippen LogP contribution in [-0.4, -0.2) is 30.8 Å². The van der Waals surface area contributed by atoms with Crippen LogP contribution in [0.4, 0.5) is 5.69 Å². The molecule has 2 aromatic rings. The van der Waals surface area contributed by atoms with E-state index in [1.54, 1.807) is 76.6 Å². The Balaban J connectivity index is 2.27. The fourth-order valence-corrected chi connectivity index (χ4v) is 2.54. The van der Waals surface area contributed by atoms with E-state index in [2.05, 4.69) is 10.2 Å². The summed E-state index contributed by atoms with van der Waals surface area (Å²) in [5, 5.41) is 18.2. The van der Waals surface area contributed by atoms with Crippen LogP contribution < -0.4 is 9.47 Å². The SMILES string of the molecule is COc1ccc(N=NC(C)(C)C(C(=O)O)c2ccc(OC)cc2)cc1. The number of benzene rings is 2. The Kier molecular flexibility index (Phi) is 5.75. The van der Waals surface area contributed by atoms with Crippen LogP contribution in [0.15, 0.2) is 58.8 Å². The summed E-state index contributed by atoms with van der Waals surface area (Å²) in [5.74, 6) is -0.394. The molecule has 6 nitrogen and oxygen atoms in total. The fourth-order valence-electron chi connectivity index (χ4n) is 2.54. The van der Waals surface area contributed by atoms with Gasteiger partial charge in [0.25, 0.3) is 0 Å². The lowest BCUT2D eigenvalue weighted by Crippen LogP contribution is -2.33. The summed E-state index contributed by atoms with van der Waals surface area (Å²) in [6.07, 6.45) is 0. The minimum atomic E-state index is -0.955. The molecule has 0 saturated carbocycles. The van der Waals surface area contributed by atoms with Crippen molar-refractivity contribution < 1.29 is 19.4 Å². The number of aliphatic carboxylic acids is 1. The van der Waals surface area contributed by atoms with Crippen molar-refractivity contribution in [2.24, 2.45) is 10.2 Å². The molecule has 6 heteroatoms. The molecule has 2 aromatic carbocycles. The number of rotatable bonds is 7. The van der Waals surface area contributed by atoms with Gasteiger partial charge < -0.3 is 14.6 Å². The van der Waals surface area contributed by atoms with Crippen molar-refractivity contribution in [3.05, 3.63) is 54.1 Å². The van der Waals surface area contributed by atoms with Gasteiger partial charge in [0.05, 0.1) is 25.4 Å². The van der Waals surface area contributed by atoms with E-state index in [1.165, 1.54) is 0 Å². The Bertz CT molecular complexity index is 737. The molecule has 1 atom stereocenters. The smallest absolute Gasteiger partial charge is 0.313 e. The van der Waals surface area contributed by atoms with Crippen molar-refractivity contribution in [3.63, 3.8) is 0 Å². The van der Waals surface area contributed by atoms with Crippen LogP contribution in [0.3, 0.4) is 0 Å². The van der Waals surface area contributed by atoms with Crippen molar-refractivity contribution in [2.45, 2.75) is 25.3 Å². The first-order chi connectivity index (χ1) is 11.9. The van der Waals surface area contributed by atoms with Gasteiger partial charge in [-0.15, -0.1) is 0 Å². The Hall–Kier alpha value is -2.89. The lowest BCUT2D eigenvalue weighted by atomic mass is 9.82. The molecule has 2 rings (SSSR count). The van der Waals surface area contributed by atoms with Crippen LogP contribution in [0.2, 0.25) is 0 Å². The fraction of sp³-hybridized carbons (Fsp3) is 0.316. The second-order valence-corrected chi connectivity index (χ2v) is 6.10. The number of hydrogen-bond acceptors (Lipinski definition) is 5. The third-order valence-corrected chi connectivity index (χ3v) is 3.90. The van der Waals surface area contributed by atoms with Crippen LogP contribution in [0.1, 0.15) is 25.3 Å². The zero-order chi connectivity index (χ0) is 18.4. The first-order valence-corrected chi connectivity index (χ1v) is 7.81. The molecule has 0 fully saturated rings. The summed E-state index contributed by atoms with van der Waals surface area (Å²) < 4.78 is 10.2. The lowest BCUT2D eigenvalue weighted by molar-refractivity contribution is -0.140. The summed E-state index contributed by atoms with van der Waals surface area (Å²) in [6.45, 7) is 3.51. The van der Waals surface area contributed by atoms with Crippen molar-refractivity contribution in [1.29, 1.82) is 0 Å². The van der Waals surface area contributed by atoms with E-state index in [0.717, 1.165) is 5.75 Å². The quantitative estimate of drug-likeness (QED) is 0.755. The minimum absolute atomic E-state index is 0.632. The molecule has 25 heavy (non-hydrogen) atoms. The van der Waals surface area contributed by atoms with E-state index in [1.807, 2.05) is 0 Å². The second-order valence-electron chi connectivity index (χ2n) is 6.10. The number of nitrogens with zero attached hydrogens (tertiary/aromatic N) is 2. The van der Waals surface area contributed by atoms with Crippen LogP contribution in [-0.2, 0) is 4.79 Å². The molecule has 0 aliphatic rings. The predicted molar refractivity (Wildman–Crippen MR) is 95.0 cm³/mol. The molecule has 0 radical (unpaired) electrons. The number of ether oxygens (including phenoxy) is 2. The van der Waals surface area contributed by atoms with E-state index >= 15 is 0 Å². The van der Waals surface area contributed by atoms with Gasteiger partial charge in [-0.2, -0.15) is 10.2 Å². The van der Waals surface area contributed by atoms with Crippen molar-refractivity contribution in [2.75, 3.05) is 14.2 Å². The summed E-state index contributed by atoms with van der Waals surface area (Å²) >= 11 is 0. The topological polar surface area (TPSA) is 80.5 Å². The number of azo groups is 1. The zero-order valence-electron chi connectivity index (χ0n) is 14.8. The molecule has 0 heterocycles. The molecule has 0 aromatic heterocycles. The van der Waals surface area contributed by atoms with Gasteiger partial charge >= 0.3 is 5.97 Å². The van der Waals surface area contributed by atoms with Crippen LogP contribution >= 0.6 is 0 Å². The Morgan fingerprint density at radius 3 is 1.88 bits per heavy atom. The van der Waals surface area contributed by atoms with Gasteiger partial charge in [0.15, 0.2) is 0 Å². The highest BCUT2D eigenvalue weighted by Crippen LogP contribution is 2.34. The molecule has 0 aliphatic carbocycles. The maximum absolute atomic E-state index is 11.8. The van der Waals surface area contributed by atoms with Gasteiger partial charge in [0.2, 0.25) is 0 Å². The van der Waals surface area contributed by atoms with Gasteiger partial charge in [0, 0.05) is 0 Å². The van der Waals surface area contributed by atoms with Crippen LogP contribution in [0, 0.1) is 0 Å². The molecular formula is C19H22N2O4. The van der Waals surface area contributed by atoms with E-state index in [-0.39, 0.29) is 0 Å². The molecule has 0 spiro atoms. The number of methoxy groups -OCH3 is 2. The van der Waals surface area contributed by atoms with Crippen molar-refractivity contribution in [3.8, 4) is 11.5 Å². The monoisotopic (exact) mass is 342 g/mol. The second kappa shape index (κ2) is 7.79. The van der Waals surface area contributed by atoms with Crippen LogP contribution in [0.5, 0.6) is 11.5 Å². The normalized spacial score (nSPS) is 12.8. The lowest BCUT2D eigenvalue weighted by Gasteiger charge is -2.26. The highest BCUT2D eigenvalue weighted by atomic mass is 16.5. The molecule has 0 amide bonds. The number of carboxylic acids is 1. The van der Waals surface area contributed by atoms with Gasteiger partial charge in [-0.3, -0.25) is 4.79 Å². The van der Waals surface area contributed by atoms with E-state index in [4.69, 9.17) is 9.47 Å². The minimum Gasteiger partial charge on any atom is -0.497 e. The first kappa shape index (κ1) is 18.4. The van der Waals surface area contributed by atoms with Gasteiger partial charge in [-0.25, -0.2) is 0 Å². The summed E-state index contributed by atoms with van der Waals surface area (Å²) in [7, 11) is 3.16. The molecule has 0 aliphatic heterocycles. The third kappa shape index (κ3) is 4.56. The zero-order valence-corrected chi connectivity index (χ0v) is 14.8. The highest BCUT2D eigenvalue weighted by Gasteiger charge is 2.37. The molecule has 0 bridgehead atoms. The molecule has 1 N–H and O–H groups in total. The van der Waals surface area contributed by atoms with E-state index in [0.29, 0.717) is 17.0 Å². The maximum atomic E-state index is 11.8. The van der Waals surface area contributed by atoms with Gasteiger partial charge in [-0.05, 0) is 55.8 Å². The first-order valence-electron chi connectivity index (χ1n) is 7.81. The average Bonchev–Trinajstić information content (AvgIpc) is 2.60. The number of hydrogen-bond donors (Lipinski definition) is 1. The molecular weight excluding hydrogens is 320 g/mol. The highest BCUT2D eigenvalue weighted by molar-refractivity contribution is 5.78. The predicted octanol–water partition coefficient (Wildman–Crippen LogP) is 4.43. The van der Waals surface area contributed by atoms with Gasteiger partial charge in [-0.1, -0.05) is 12.1 Å². The largest absolute Gasteiger partial charge is 0.497 e. The van der Waals surface area contributed by atoms with Crippen molar-refractivity contribution in [1.82, 2.24) is 0 Å². The van der Waals surface area contributed by atoms with E-state index < -0.39 is 17.4 Å². The summed E-state index contributed by atoms with van der Waals surface area (Å²) in [5.41, 5.74) is 0.347. The standard InChI is InChI=1S/C19H22N2O4/c1-19(2,21-20-14-7-11-16(25-4)12-8-14)17(18(22)23)13-5-9-15(24-3)10-6-13/h5-12,17H,1-4H3,(H,22,23). The maximum Gasteiger partial charge on any atom is 0.313 e. The summed E-state index contributed by atoms with van der Waals surface area (Å²) in [4.78, 5) is 11.8. The van der Waals surface area contributed by atoms with Crippen LogP contribution in [0.25, 0.3) is 0 Å². The number of carboxylic acid groups (broad SMARTS) is 1. The van der Waals surface area contributed by atoms with E-state index in [9.17, 15) is 9.90 Å². The number of carbonyl (C=O) groups is 1. The Labute approximate surface area is 147 Å². The summed E-state index contributed by atoms with van der Waals surface area (Å²) in [6, 6.07) is 14.0. The van der Waals surface area contributed by atoms with Gasteiger partial charge in [0.1, 0.15) is 17.4 Å². The average molecular weight is 342 g/mol. The Morgan fingerprint density at radius 1 is 0.960 bits per heavy atom. The molecule has 0 saturated heterocycles.